The minimum atomic E-state index is -1.24. The zero-order valence-corrected chi connectivity index (χ0v) is 19.2. The van der Waals surface area contributed by atoms with Crippen molar-refractivity contribution in [2.24, 2.45) is 0 Å². The van der Waals surface area contributed by atoms with Crippen LogP contribution in [0.1, 0.15) is 26.3 Å². The Labute approximate surface area is 177 Å². The lowest BCUT2D eigenvalue weighted by atomic mass is 9.87. The van der Waals surface area contributed by atoms with Crippen LogP contribution in [-0.2, 0) is 25.9 Å². The number of carbonyl (C=O) groups excluding carboxylic acids is 1. The first-order chi connectivity index (χ1) is 13.6. The Hall–Kier alpha value is -1.32. The molecule has 0 spiro atoms. The number of rotatable bonds is 6. The van der Waals surface area contributed by atoms with Crippen LogP contribution in [0.3, 0.4) is 0 Å². The molecular weight excluding hydrogens is 388 g/mol. The summed E-state index contributed by atoms with van der Waals surface area (Å²) in [7, 11) is 4.04. The van der Waals surface area contributed by atoms with Crippen molar-refractivity contribution in [1.29, 1.82) is 0 Å². The molecular formula is C21H34N4O3S. The molecule has 2 aliphatic heterocycles. The van der Waals surface area contributed by atoms with Gasteiger partial charge in [-0.25, -0.2) is 8.51 Å². The smallest absolute Gasteiger partial charge is 0.241 e. The zero-order valence-electron chi connectivity index (χ0n) is 18.4. The molecule has 7 nitrogen and oxygen atoms in total. The molecule has 0 bridgehead atoms. The molecule has 162 valence electrons. The summed E-state index contributed by atoms with van der Waals surface area (Å²) in [5, 5.41) is 3.46. The highest BCUT2D eigenvalue weighted by molar-refractivity contribution is 7.82. The van der Waals surface area contributed by atoms with Gasteiger partial charge in [0, 0.05) is 49.9 Å². The number of amides is 1. The van der Waals surface area contributed by atoms with Gasteiger partial charge in [-0.05, 0) is 38.7 Å². The van der Waals surface area contributed by atoms with Crippen LogP contribution in [0.5, 0.6) is 0 Å². The molecule has 2 aliphatic rings. The Morgan fingerprint density at radius 3 is 2.76 bits per heavy atom. The van der Waals surface area contributed by atoms with E-state index in [2.05, 4.69) is 31.0 Å². The van der Waals surface area contributed by atoms with Gasteiger partial charge in [0.2, 0.25) is 5.91 Å². The van der Waals surface area contributed by atoms with Gasteiger partial charge >= 0.3 is 0 Å². The Balaban J connectivity index is 1.85. The molecule has 1 unspecified atom stereocenters. The molecule has 1 amide bonds. The number of methoxy groups -OCH3 is 1. The van der Waals surface area contributed by atoms with Gasteiger partial charge in [0.05, 0.1) is 18.0 Å². The van der Waals surface area contributed by atoms with Crippen molar-refractivity contribution in [2.45, 2.75) is 43.2 Å². The lowest BCUT2D eigenvalue weighted by molar-refractivity contribution is -0.121. The first-order valence-corrected chi connectivity index (χ1v) is 11.2. The van der Waals surface area contributed by atoms with Crippen LogP contribution in [0, 0.1) is 0 Å². The molecule has 8 heteroatoms. The molecule has 0 saturated carbocycles. The molecule has 1 aromatic rings. The van der Waals surface area contributed by atoms with E-state index in [1.807, 2.05) is 23.1 Å². The van der Waals surface area contributed by atoms with Crippen LogP contribution in [0.2, 0.25) is 0 Å². The number of nitrogens with one attached hydrogen (secondary N) is 1. The molecule has 0 aliphatic carbocycles. The van der Waals surface area contributed by atoms with Gasteiger partial charge in [-0.15, -0.1) is 0 Å². The fraction of sp³-hybridized carbons (Fsp3) is 0.667. The van der Waals surface area contributed by atoms with Crippen LogP contribution < -0.4 is 10.2 Å². The summed E-state index contributed by atoms with van der Waals surface area (Å²) >= 11 is 0. The number of ether oxygens (including phenoxy) is 1. The lowest BCUT2D eigenvalue weighted by Crippen LogP contribution is -2.59. The number of anilines is 1. The second-order valence-corrected chi connectivity index (χ2v) is 10.7. The van der Waals surface area contributed by atoms with Crippen molar-refractivity contribution >= 4 is 22.6 Å². The van der Waals surface area contributed by atoms with Gasteiger partial charge in [-0.1, -0.05) is 19.9 Å². The third kappa shape index (κ3) is 4.72. The molecule has 3 rings (SSSR count). The number of carbonyl (C=O) groups is 1. The van der Waals surface area contributed by atoms with Gasteiger partial charge in [-0.2, -0.15) is 0 Å². The number of hydrogen-bond donors (Lipinski definition) is 1. The van der Waals surface area contributed by atoms with Crippen molar-refractivity contribution in [3.05, 3.63) is 23.8 Å². The summed E-state index contributed by atoms with van der Waals surface area (Å²) in [5.74, 6) is 0.0832. The van der Waals surface area contributed by atoms with Crippen LogP contribution >= 0.6 is 0 Å². The van der Waals surface area contributed by atoms with E-state index in [9.17, 15) is 9.00 Å². The van der Waals surface area contributed by atoms with Crippen LogP contribution in [0.4, 0.5) is 5.69 Å². The Kier molecular flexibility index (Phi) is 6.80. The minimum absolute atomic E-state index is 0.0832. The van der Waals surface area contributed by atoms with Crippen molar-refractivity contribution in [3.63, 3.8) is 0 Å². The normalized spacial score (nSPS) is 25.3. The van der Waals surface area contributed by atoms with Crippen molar-refractivity contribution < 1.29 is 13.7 Å². The fourth-order valence-corrected chi connectivity index (χ4v) is 5.07. The van der Waals surface area contributed by atoms with Gasteiger partial charge < -0.3 is 15.0 Å². The molecule has 1 N–H and O–H groups in total. The van der Waals surface area contributed by atoms with Crippen molar-refractivity contribution in [1.82, 2.24) is 14.5 Å². The molecule has 1 aromatic carbocycles. The highest BCUT2D eigenvalue weighted by Gasteiger charge is 2.39. The summed E-state index contributed by atoms with van der Waals surface area (Å²) in [5.41, 5.74) is 1.89. The largest absolute Gasteiger partial charge is 0.383 e. The highest BCUT2D eigenvalue weighted by atomic mass is 32.2. The number of nitrogens with zero attached hydrogens (tertiary/aromatic N) is 3. The van der Waals surface area contributed by atoms with E-state index in [0.717, 1.165) is 29.2 Å². The maximum atomic E-state index is 13.4. The summed E-state index contributed by atoms with van der Waals surface area (Å²) < 4.78 is 19.6. The second-order valence-electron chi connectivity index (χ2n) is 8.95. The summed E-state index contributed by atoms with van der Waals surface area (Å²) in [6.45, 7) is 9.67. The maximum absolute atomic E-state index is 13.4. The van der Waals surface area contributed by atoms with E-state index in [4.69, 9.17) is 4.74 Å². The standard InChI is InChI=1S/C21H34N4O3S/c1-15-11-24(16(10-22-15)13-28-6)12-20(26)25-14-21(2,3)18-8-7-17(9-19(18)25)29(27)23(4)5/h7-9,15-16,22H,10-14H2,1-6H3/t15-,16-,29?/m1/s1. The first kappa shape index (κ1) is 22.4. The molecule has 3 atom stereocenters. The molecule has 2 heterocycles. The molecule has 1 fully saturated rings. The van der Waals surface area contributed by atoms with Gasteiger partial charge in [0.15, 0.2) is 0 Å². The van der Waals surface area contributed by atoms with Crippen LogP contribution in [-0.4, -0.2) is 85.4 Å². The monoisotopic (exact) mass is 422 g/mol. The fourth-order valence-electron chi connectivity index (χ4n) is 4.26. The number of fused-ring (bicyclic) bond motifs is 1. The van der Waals surface area contributed by atoms with E-state index in [1.165, 1.54) is 0 Å². The van der Waals surface area contributed by atoms with Crippen molar-refractivity contribution in [2.75, 3.05) is 58.9 Å². The molecule has 1 saturated heterocycles. The topological polar surface area (TPSA) is 65.1 Å². The van der Waals surface area contributed by atoms with E-state index in [0.29, 0.717) is 25.7 Å². The highest BCUT2D eigenvalue weighted by Crippen LogP contribution is 2.41. The van der Waals surface area contributed by atoms with Gasteiger partial charge in [-0.3, -0.25) is 9.69 Å². The quantitative estimate of drug-likeness (QED) is 0.746. The number of hydrogen-bond acceptors (Lipinski definition) is 5. The minimum Gasteiger partial charge on any atom is -0.383 e. The Bertz CT molecular complexity index is 783. The zero-order chi connectivity index (χ0) is 21.3. The third-order valence-corrected chi connectivity index (χ3v) is 7.12. The second kappa shape index (κ2) is 8.81. The van der Waals surface area contributed by atoms with Crippen molar-refractivity contribution in [3.8, 4) is 0 Å². The van der Waals surface area contributed by atoms with E-state index >= 15 is 0 Å². The average molecular weight is 423 g/mol. The van der Waals surface area contributed by atoms with Crippen LogP contribution in [0.25, 0.3) is 0 Å². The SMILES string of the molecule is COC[C@H]1CN[C@H](C)CN1CC(=O)N1CC(C)(C)c2ccc(S(=O)N(C)C)cc21. The summed E-state index contributed by atoms with van der Waals surface area (Å²) in [6, 6.07) is 6.39. The number of piperazine rings is 1. The molecule has 29 heavy (non-hydrogen) atoms. The molecule has 0 aromatic heterocycles. The predicted molar refractivity (Wildman–Crippen MR) is 117 cm³/mol. The van der Waals surface area contributed by atoms with E-state index in [-0.39, 0.29) is 17.4 Å². The third-order valence-electron chi connectivity index (χ3n) is 5.80. The van der Waals surface area contributed by atoms with Crippen LogP contribution in [0.15, 0.2) is 23.1 Å². The molecule has 0 radical (unpaired) electrons. The summed E-state index contributed by atoms with van der Waals surface area (Å²) in [4.78, 5) is 18.2. The first-order valence-electron chi connectivity index (χ1n) is 10.1. The Morgan fingerprint density at radius 2 is 2.10 bits per heavy atom. The lowest BCUT2D eigenvalue weighted by Gasteiger charge is -2.39. The maximum Gasteiger partial charge on any atom is 0.241 e. The predicted octanol–water partition coefficient (Wildman–Crippen LogP) is 1.20. The van der Waals surface area contributed by atoms with Gasteiger partial charge in [0.1, 0.15) is 11.0 Å². The van der Waals surface area contributed by atoms with E-state index in [1.54, 1.807) is 25.5 Å². The summed E-state index contributed by atoms with van der Waals surface area (Å²) in [6.07, 6.45) is 0. The average Bonchev–Trinajstić information content (AvgIpc) is 2.94. The van der Waals surface area contributed by atoms with E-state index < -0.39 is 11.0 Å². The Morgan fingerprint density at radius 1 is 1.38 bits per heavy atom. The van der Waals surface area contributed by atoms with Gasteiger partial charge in [0.25, 0.3) is 0 Å². The number of benzene rings is 1.